The predicted molar refractivity (Wildman–Crippen MR) is 90.6 cm³/mol. The molecule has 1 fully saturated rings. The Labute approximate surface area is 130 Å². The van der Waals surface area contributed by atoms with E-state index in [1.807, 2.05) is 6.20 Å². The van der Waals surface area contributed by atoms with Crippen molar-refractivity contribution in [2.45, 2.75) is 65.5 Å². The van der Waals surface area contributed by atoms with Gasteiger partial charge in [-0.1, -0.05) is 33.3 Å². The molecule has 1 aromatic rings. The summed E-state index contributed by atoms with van der Waals surface area (Å²) in [5, 5.41) is 3.59. The Hall–Kier alpha value is -1.09. The molecule has 0 spiro atoms. The first-order chi connectivity index (χ1) is 10.1. The van der Waals surface area contributed by atoms with Crippen molar-refractivity contribution < 1.29 is 0 Å². The maximum atomic E-state index is 4.62. The zero-order valence-corrected chi connectivity index (χ0v) is 14.1. The Morgan fingerprint density at radius 2 is 2.14 bits per heavy atom. The van der Waals surface area contributed by atoms with Crippen molar-refractivity contribution in [2.75, 3.05) is 18.4 Å². The van der Waals surface area contributed by atoms with Crippen LogP contribution >= 0.6 is 0 Å². The summed E-state index contributed by atoms with van der Waals surface area (Å²) < 4.78 is 0. The van der Waals surface area contributed by atoms with E-state index in [0.717, 1.165) is 12.2 Å². The molecule has 0 amide bonds. The lowest BCUT2D eigenvalue weighted by Crippen LogP contribution is -2.36. The molecule has 2 heterocycles. The molecule has 1 aliphatic rings. The maximum absolute atomic E-state index is 4.62. The normalized spacial score (nSPS) is 21.5. The van der Waals surface area contributed by atoms with E-state index < -0.39 is 0 Å². The molecule has 1 aliphatic heterocycles. The van der Waals surface area contributed by atoms with Crippen LogP contribution in [-0.4, -0.2) is 29.0 Å². The largest absolute Gasteiger partial charge is 0.367 e. The minimum absolute atomic E-state index is 0.473. The molecule has 0 unspecified atom stereocenters. The fourth-order valence-electron chi connectivity index (χ4n) is 3.17. The van der Waals surface area contributed by atoms with E-state index >= 15 is 0 Å². The zero-order chi connectivity index (χ0) is 15.2. The van der Waals surface area contributed by atoms with Gasteiger partial charge in [-0.2, -0.15) is 0 Å². The second-order valence-electron chi connectivity index (χ2n) is 6.80. The van der Waals surface area contributed by atoms with Gasteiger partial charge in [-0.15, -0.1) is 0 Å². The van der Waals surface area contributed by atoms with Crippen LogP contribution in [0.1, 0.15) is 65.0 Å². The number of nitrogens with one attached hydrogen (secondary N) is 1. The number of aromatic nitrogens is 1. The number of anilines is 1. The van der Waals surface area contributed by atoms with Crippen LogP contribution in [0.15, 0.2) is 18.3 Å². The van der Waals surface area contributed by atoms with Crippen molar-refractivity contribution in [2.24, 2.45) is 5.92 Å². The minimum Gasteiger partial charge on any atom is -0.367 e. The highest BCUT2D eigenvalue weighted by molar-refractivity contribution is 5.46. The quantitative estimate of drug-likeness (QED) is 0.837. The minimum atomic E-state index is 0.473. The SMILES string of the molecule is CC[C@@H](C)Nc1ncccc1[C@H]1CCCCN1CC(C)C. The zero-order valence-electron chi connectivity index (χ0n) is 14.1. The molecule has 0 saturated carbocycles. The lowest BCUT2D eigenvalue weighted by Gasteiger charge is -2.37. The summed E-state index contributed by atoms with van der Waals surface area (Å²) in [6.07, 6.45) is 6.95. The monoisotopic (exact) mass is 289 g/mol. The molecule has 118 valence electrons. The molecule has 1 N–H and O–H groups in total. The molecule has 1 saturated heterocycles. The fraction of sp³-hybridized carbons (Fsp3) is 0.722. The average Bonchev–Trinajstić information content (AvgIpc) is 2.48. The Balaban J connectivity index is 2.21. The van der Waals surface area contributed by atoms with E-state index in [2.05, 4.69) is 55.0 Å². The van der Waals surface area contributed by atoms with Crippen molar-refractivity contribution in [3.63, 3.8) is 0 Å². The van der Waals surface area contributed by atoms with Gasteiger partial charge in [0.15, 0.2) is 0 Å². The predicted octanol–water partition coefficient (Wildman–Crippen LogP) is 4.48. The van der Waals surface area contributed by atoms with Crippen LogP contribution in [0.25, 0.3) is 0 Å². The number of likely N-dealkylation sites (tertiary alicyclic amines) is 1. The number of hydrogen-bond acceptors (Lipinski definition) is 3. The van der Waals surface area contributed by atoms with E-state index in [4.69, 9.17) is 0 Å². The van der Waals surface area contributed by atoms with Gasteiger partial charge in [-0.05, 0) is 44.7 Å². The second-order valence-corrected chi connectivity index (χ2v) is 6.80. The first-order valence-corrected chi connectivity index (χ1v) is 8.57. The Morgan fingerprint density at radius 3 is 2.86 bits per heavy atom. The summed E-state index contributed by atoms with van der Waals surface area (Å²) in [4.78, 5) is 7.28. The van der Waals surface area contributed by atoms with Gasteiger partial charge in [-0.3, -0.25) is 4.90 Å². The molecule has 2 atom stereocenters. The highest BCUT2D eigenvalue weighted by atomic mass is 15.2. The van der Waals surface area contributed by atoms with E-state index in [9.17, 15) is 0 Å². The highest BCUT2D eigenvalue weighted by Crippen LogP contribution is 2.34. The lowest BCUT2D eigenvalue weighted by atomic mass is 9.94. The Morgan fingerprint density at radius 1 is 1.33 bits per heavy atom. The van der Waals surface area contributed by atoms with Gasteiger partial charge in [0.05, 0.1) is 0 Å². The summed E-state index contributed by atoms with van der Waals surface area (Å²) in [7, 11) is 0. The first kappa shape index (κ1) is 16.3. The summed E-state index contributed by atoms with van der Waals surface area (Å²) in [5.41, 5.74) is 1.39. The summed E-state index contributed by atoms with van der Waals surface area (Å²) >= 11 is 0. The molecule has 2 rings (SSSR count). The smallest absolute Gasteiger partial charge is 0.130 e. The van der Waals surface area contributed by atoms with Crippen LogP contribution in [0, 0.1) is 5.92 Å². The van der Waals surface area contributed by atoms with Crippen molar-refractivity contribution in [3.05, 3.63) is 23.9 Å². The van der Waals surface area contributed by atoms with Gasteiger partial charge in [0, 0.05) is 30.4 Å². The van der Waals surface area contributed by atoms with E-state index in [1.54, 1.807) is 0 Å². The molecule has 1 aromatic heterocycles. The van der Waals surface area contributed by atoms with Crippen LogP contribution in [0.3, 0.4) is 0 Å². The molecule has 0 aliphatic carbocycles. The number of pyridine rings is 1. The third kappa shape index (κ3) is 4.44. The number of hydrogen-bond donors (Lipinski definition) is 1. The topological polar surface area (TPSA) is 28.2 Å². The Bertz CT molecular complexity index is 430. The number of nitrogens with zero attached hydrogens (tertiary/aromatic N) is 2. The van der Waals surface area contributed by atoms with Crippen LogP contribution in [0.2, 0.25) is 0 Å². The lowest BCUT2D eigenvalue weighted by molar-refractivity contribution is 0.132. The van der Waals surface area contributed by atoms with Gasteiger partial charge < -0.3 is 5.32 Å². The second kappa shape index (κ2) is 7.79. The third-order valence-electron chi connectivity index (χ3n) is 4.41. The number of rotatable bonds is 6. The van der Waals surface area contributed by atoms with E-state index in [1.165, 1.54) is 37.9 Å². The van der Waals surface area contributed by atoms with Gasteiger partial charge >= 0.3 is 0 Å². The van der Waals surface area contributed by atoms with Crippen molar-refractivity contribution in [1.29, 1.82) is 0 Å². The first-order valence-electron chi connectivity index (χ1n) is 8.57. The van der Waals surface area contributed by atoms with Crippen LogP contribution in [0.4, 0.5) is 5.82 Å². The van der Waals surface area contributed by atoms with E-state index in [-0.39, 0.29) is 0 Å². The van der Waals surface area contributed by atoms with Gasteiger partial charge in [-0.25, -0.2) is 4.98 Å². The fourth-order valence-corrected chi connectivity index (χ4v) is 3.17. The van der Waals surface area contributed by atoms with Crippen molar-refractivity contribution >= 4 is 5.82 Å². The highest BCUT2D eigenvalue weighted by Gasteiger charge is 2.26. The average molecular weight is 289 g/mol. The molecule has 3 nitrogen and oxygen atoms in total. The van der Waals surface area contributed by atoms with Crippen LogP contribution < -0.4 is 5.32 Å². The van der Waals surface area contributed by atoms with E-state index in [0.29, 0.717) is 18.0 Å². The Kier molecular flexibility index (Phi) is 6.04. The molecule has 21 heavy (non-hydrogen) atoms. The molecular formula is C18H31N3. The summed E-state index contributed by atoms with van der Waals surface area (Å²) in [6, 6.07) is 5.35. The standard InChI is InChI=1S/C18H31N3/c1-5-15(4)20-18-16(9-8-11-19-18)17-10-6-7-12-21(17)13-14(2)3/h8-9,11,14-15,17H,5-7,10,12-13H2,1-4H3,(H,19,20)/t15-,17-/m1/s1. The number of piperidine rings is 1. The summed E-state index contributed by atoms with van der Waals surface area (Å²) in [5.74, 6) is 1.81. The van der Waals surface area contributed by atoms with Crippen LogP contribution in [0.5, 0.6) is 0 Å². The van der Waals surface area contributed by atoms with Gasteiger partial charge in [0.25, 0.3) is 0 Å². The molecule has 0 aromatic carbocycles. The van der Waals surface area contributed by atoms with Crippen molar-refractivity contribution in [3.8, 4) is 0 Å². The van der Waals surface area contributed by atoms with Gasteiger partial charge in [0.1, 0.15) is 5.82 Å². The maximum Gasteiger partial charge on any atom is 0.130 e. The molecule has 0 radical (unpaired) electrons. The van der Waals surface area contributed by atoms with Crippen molar-refractivity contribution in [1.82, 2.24) is 9.88 Å². The van der Waals surface area contributed by atoms with Gasteiger partial charge in [0.2, 0.25) is 0 Å². The van der Waals surface area contributed by atoms with Crippen LogP contribution in [-0.2, 0) is 0 Å². The molecular weight excluding hydrogens is 258 g/mol. The third-order valence-corrected chi connectivity index (χ3v) is 4.41. The molecule has 0 bridgehead atoms. The molecule has 3 heteroatoms. The summed E-state index contributed by atoms with van der Waals surface area (Å²) in [6.45, 7) is 11.5.